The Morgan fingerprint density at radius 1 is 1.60 bits per heavy atom. The number of rotatable bonds is 2. The Bertz CT molecular complexity index is 465. The van der Waals surface area contributed by atoms with Crippen LogP contribution in [0.15, 0.2) is 4.42 Å². The molecule has 0 aliphatic carbocycles. The largest absolute Gasteiger partial charge is 0.427 e. The molecule has 0 bridgehead atoms. The van der Waals surface area contributed by atoms with Crippen molar-refractivity contribution in [1.29, 1.82) is 0 Å². The maximum Gasteiger partial charge on any atom is 0.292 e. The van der Waals surface area contributed by atoms with Gasteiger partial charge in [0, 0.05) is 13.0 Å². The van der Waals surface area contributed by atoms with Crippen LogP contribution < -0.4 is 5.73 Å². The van der Waals surface area contributed by atoms with E-state index in [2.05, 4.69) is 4.98 Å². The molecule has 0 unspecified atom stereocenters. The summed E-state index contributed by atoms with van der Waals surface area (Å²) >= 11 is 0. The van der Waals surface area contributed by atoms with E-state index < -0.39 is 10.0 Å². The minimum Gasteiger partial charge on any atom is -0.427 e. The average Bonchev–Trinajstić information content (AvgIpc) is 2.56. The monoisotopic (exact) mass is 231 g/mol. The lowest BCUT2D eigenvalue weighted by atomic mass is 10.2. The Labute approximate surface area is 88.1 Å². The molecule has 6 nitrogen and oxygen atoms in total. The van der Waals surface area contributed by atoms with Gasteiger partial charge in [-0.1, -0.05) is 0 Å². The Morgan fingerprint density at radius 2 is 2.33 bits per heavy atom. The van der Waals surface area contributed by atoms with Gasteiger partial charge >= 0.3 is 0 Å². The van der Waals surface area contributed by atoms with Gasteiger partial charge in [-0.25, -0.2) is 8.42 Å². The summed E-state index contributed by atoms with van der Waals surface area (Å²) in [6.45, 7) is 2.32. The van der Waals surface area contributed by atoms with Crippen LogP contribution in [0.25, 0.3) is 0 Å². The second kappa shape index (κ2) is 3.49. The van der Waals surface area contributed by atoms with Crippen LogP contribution in [0, 0.1) is 0 Å². The number of sulfonamides is 1. The van der Waals surface area contributed by atoms with Crippen LogP contribution in [0.5, 0.6) is 0 Å². The number of fused-ring (bicyclic) bond motifs is 1. The van der Waals surface area contributed by atoms with Gasteiger partial charge in [-0.15, -0.1) is 0 Å². The molecule has 0 amide bonds. The fourth-order valence-corrected chi connectivity index (χ4v) is 2.66. The number of nitrogens with zero attached hydrogens (tertiary/aromatic N) is 2. The molecule has 1 aliphatic rings. The second-order valence-corrected chi connectivity index (χ2v) is 5.66. The summed E-state index contributed by atoms with van der Waals surface area (Å²) in [4.78, 5) is 3.98. The van der Waals surface area contributed by atoms with Crippen LogP contribution in [0.3, 0.4) is 0 Å². The van der Waals surface area contributed by atoms with Crippen molar-refractivity contribution in [3.8, 4) is 0 Å². The standard InChI is InChI=1S/C8H13N3O3S/c1-2-15(12,13)11-4-3-6-7(5-11)14-8(9)10-6/h2-5H2,1H3,(H2,9,10). The first kappa shape index (κ1) is 10.4. The predicted molar refractivity (Wildman–Crippen MR) is 54.5 cm³/mol. The van der Waals surface area contributed by atoms with E-state index in [1.165, 1.54) is 4.31 Å². The van der Waals surface area contributed by atoms with Crippen LogP contribution in [0.1, 0.15) is 18.4 Å². The van der Waals surface area contributed by atoms with Crippen molar-refractivity contribution < 1.29 is 12.8 Å². The van der Waals surface area contributed by atoms with Gasteiger partial charge in [0.2, 0.25) is 10.0 Å². The first-order chi connectivity index (χ1) is 7.03. The zero-order valence-electron chi connectivity index (χ0n) is 8.43. The van der Waals surface area contributed by atoms with Crippen molar-refractivity contribution >= 4 is 16.0 Å². The van der Waals surface area contributed by atoms with Gasteiger partial charge in [-0.05, 0) is 6.92 Å². The van der Waals surface area contributed by atoms with E-state index in [1.807, 2.05) is 0 Å². The van der Waals surface area contributed by atoms with Crippen molar-refractivity contribution in [2.24, 2.45) is 0 Å². The van der Waals surface area contributed by atoms with E-state index in [9.17, 15) is 8.42 Å². The normalized spacial score (nSPS) is 17.7. The molecule has 0 saturated carbocycles. The summed E-state index contributed by atoms with van der Waals surface area (Å²) < 4.78 is 29.7. The summed E-state index contributed by atoms with van der Waals surface area (Å²) in [5.74, 6) is 0.669. The average molecular weight is 231 g/mol. The van der Waals surface area contributed by atoms with E-state index >= 15 is 0 Å². The van der Waals surface area contributed by atoms with Gasteiger partial charge in [0.15, 0.2) is 0 Å². The minimum atomic E-state index is -3.15. The molecular weight excluding hydrogens is 218 g/mol. The molecule has 2 N–H and O–H groups in total. The summed E-state index contributed by atoms with van der Waals surface area (Å²) in [7, 11) is -3.15. The highest BCUT2D eigenvalue weighted by atomic mass is 32.2. The molecule has 0 fully saturated rings. The molecule has 2 rings (SSSR count). The molecule has 0 radical (unpaired) electrons. The van der Waals surface area contributed by atoms with Gasteiger partial charge in [-0.3, -0.25) is 0 Å². The number of hydrogen-bond acceptors (Lipinski definition) is 5. The van der Waals surface area contributed by atoms with Crippen LogP contribution in [0.2, 0.25) is 0 Å². The van der Waals surface area contributed by atoms with Crippen molar-refractivity contribution in [3.05, 3.63) is 11.5 Å². The molecule has 0 saturated heterocycles. The number of oxazole rings is 1. The minimum absolute atomic E-state index is 0.103. The summed E-state index contributed by atoms with van der Waals surface area (Å²) in [6, 6.07) is 0.107. The Balaban J connectivity index is 2.26. The molecular formula is C8H13N3O3S. The molecule has 84 valence electrons. The van der Waals surface area contributed by atoms with Crippen molar-refractivity contribution in [3.63, 3.8) is 0 Å². The molecule has 15 heavy (non-hydrogen) atoms. The van der Waals surface area contributed by atoms with Crippen LogP contribution in [0.4, 0.5) is 6.01 Å². The Hall–Kier alpha value is -1.08. The third kappa shape index (κ3) is 1.84. The van der Waals surface area contributed by atoms with Crippen molar-refractivity contribution in [2.45, 2.75) is 19.9 Å². The maximum absolute atomic E-state index is 11.6. The van der Waals surface area contributed by atoms with Gasteiger partial charge in [0.05, 0.1) is 18.0 Å². The highest BCUT2D eigenvalue weighted by Crippen LogP contribution is 2.22. The zero-order chi connectivity index (χ0) is 11.1. The lowest BCUT2D eigenvalue weighted by molar-refractivity contribution is 0.347. The number of aromatic nitrogens is 1. The molecule has 0 atom stereocenters. The first-order valence-corrected chi connectivity index (χ1v) is 6.35. The topological polar surface area (TPSA) is 89.4 Å². The van der Waals surface area contributed by atoms with Crippen LogP contribution in [-0.2, 0) is 23.0 Å². The van der Waals surface area contributed by atoms with E-state index in [0.717, 1.165) is 5.69 Å². The second-order valence-electron chi connectivity index (χ2n) is 3.41. The van der Waals surface area contributed by atoms with E-state index in [4.69, 9.17) is 10.2 Å². The first-order valence-electron chi connectivity index (χ1n) is 4.75. The number of hydrogen-bond donors (Lipinski definition) is 1. The summed E-state index contributed by atoms with van der Waals surface area (Å²) in [5.41, 5.74) is 6.17. The van der Waals surface area contributed by atoms with Gasteiger partial charge in [-0.2, -0.15) is 9.29 Å². The van der Waals surface area contributed by atoms with Gasteiger partial charge in [0.25, 0.3) is 6.01 Å². The lowest BCUT2D eigenvalue weighted by Crippen LogP contribution is -2.36. The quantitative estimate of drug-likeness (QED) is 0.771. The molecule has 1 aliphatic heterocycles. The molecule has 0 aromatic carbocycles. The Morgan fingerprint density at radius 3 is 3.00 bits per heavy atom. The van der Waals surface area contributed by atoms with Crippen molar-refractivity contribution in [2.75, 3.05) is 18.0 Å². The maximum atomic E-state index is 11.6. The molecule has 7 heteroatoms. The van der Waals surface area contributed by atoms with Crippen LogP contribution >= 0.6 is 0 Å². The van der Waals surface area contributed by atoms with Crippen molar-refractivity contribution in [1.82, 2.24) is 9.29 Å². The molecule has 1 aromatic heterocycles. The SMILES string of the molecule is CCS(=O)(=O)N1CCc2nc(N)oc2C1. The Kier molecular flexibility index (Phi) is 2.43. The highest BCUT2D eigenvalue weighted by molar-refractivity contribution is 7.89. The molecule has 1 aromatic rings. The fourth-order valence-electron chi connectivity index (χ4n) is 1.61. The summed E-state index contributed by atoms with van der Waals surface area (Å²) in [5, 5.41) is 0. The number of nitrogen functional groups attached to an aromatic ring is 1. The van der Waals surface area contributed by atoms with E-state index in [0.29, 0.717) is 18.7 Å². The lowest BCUT2D eigenvalue weighted by Gasteiger charge is -2.23. The zero-order valence-corrected chi connectivity index (χ0v) is 9.25. The number of nitrogens with two attached hydrogens (primary N) is 1. The summed E-state index contributed by atoms with van der Waals surface area (Å²) in [6.07, 6.45) is 0.565. The third-order valence-corrected chi connectivity index (χ3v) is 4.30. The highest BCUT2D eigenvalue weighted by Gasteiger charge is 2.28. The third-order valence-electron chi connectivity index (χ3n) is 2.47. The van der Waals surface area contributed by atoms with E-state index in [-0.39, 0.29) is 18.3 Å². The van der Waals surface area contributed by atoms with Gasteiger partial charge in [0.1, 0.15) is 5.76 Å². The predicted octanol–water partition coefficient (Wildman–Crippen LogP) is -0.0354. The van der Waals surface area contributed by atoms with E-state index in [1.54, 1.807) is 6.92 Å². The number of anilines is 1. The molecule has 2 heterocycles. The smallest absolute Gasteiger partial charge is 0.292 e. The van der Waals surface area contributed by atoms with Crippen LogP contribution in [-0.4, -0.2) is 30.0 Å². The van der Waals surface area contributed by atoms with Gasteiger partial charge < -0.3 is 10.2 Å². The molecule has 0 spiro atoms. The fraction of sp³-hybridized carbons (Fsp3) is 0.625.